The molecule has 0 saturated carbocycles. The van der Waals surface area contributed by atoms with Crippen molar-refractivity contribution in [2.75, 3.05) is 33.1 Å². The molecule has 1 rings (SSSR count). The first-order chi connectivity index (χ1) is 8.22. The summed E-state index contributed by atoms with van der Waals surface area (Å²) in [6.45, 7) is 5.18. The lowest BCUT2D eigenvalue weighted by molar-refractivity contribution is -0.116. The van der Waals surface area contributed by atoms with E-state index in [1.807, 2.05) is 0 Å². The highest BCUT2D eigenvalue weighted by molar-refractivity contribution is 5.86. The van der Waals surface area contributed by atoms with Gasteiger partial charge in [-0.1, -0.05) is 6.58 Å². The Balaban J connectivity index is 2.04. The van der Waals surface area contributed by atoms with Crippen molar-refractivity contribution >= 4 is 11.9 Å². The Hall–Kier alpha value is -1.60. The number of hydrogen-bond acceptors (Lipinski definition) is 4. The van der Waals surface area contributed by atoms with Crippen LogP contribution in [0.2, 0.25) is 0 Å². The van der Waals surface area contributed by atoms with E-state index in [4.69, 9.17) is 9.47 Å². The van der Waals surface area contributed by atoms with Crippen molar-refractivity contribution in [3.63, 3.8) is 0 Å². The summed E-state index contributed by atoms with van der Waals surface area (Å²) in [4.78, 5) is 22.1. The summed E-state index contributed by atoms with van der Waals surface area (Å²) in [6, 6.07) is -0.441. The number of hydrogen-bond donors (Lipinski definition) is 3. The van der Waals surface area contributed by atoms with Crippen molar-refractivity contribution in [1.29, 1.82) is 0 Å². The Morgan fingerprint density at radius 3 is 2.53 bits per heavy atom. The normalized spacial score (nSPS) is 16.0. The second-order valence-corrected chi connectivity index (χ2v) is 3.45. The van der Waals surface area contributed by atoms with E-state index in [1.165, 1.54) is 6.08 Å². The van der Waals surface area contributed by atoms with Crippen LogP contribution in [0.3, 0.4) is 0 Å². The zero-order valence-electron chi connectivity index (χ0n) is 9.53. The lowest BCUT2D eigenvalue weighted by atomic mass is 10.3. The van der Waals surface area contributed by atoms with Crippen molar-refractivity contribution < 1.29 is 19.1 Å². The summed E-state index contributed by atoms with van der Waals surface area (Å²) in [5, 5.41) is 7.83. The van der Waals surface area contributed by atoms with Crippen molar-refractivity contribution in [2.24, 2.45) is 0 Å². The molecule has 3 amide bonds. The first-order valence-electron chi connectivity index (χ1n) is 5.32. The van der Waals surface area contributed by atoms with Crippen LogP contribution < -0.4 is 16.0 Å². The minimum atomic E-state index is -0.308. The molecule has 0 aliphatic carbocycles. The standard InChI is InChI=1S/C10H17N3O4/c1-2-9(14)11-3-4-12-10(15)13-8-5-16-7-17-6-8/h2,8H,1,3-7H2,(H,11,14)(H2,12,13,15). The van der Waals surface area contributed by atoms with E-state index in [0.717, 1.165) is 0 Å². The van der Waals surface area contributed by atoms with Gasteiger partial charge in [-0.05, 0) is 6.08 Å². The number of amides is 3. The van der Waals surface area contributed by atoms with Gasteiger partial charge in [0.1, 0.15) is 6.79 Å². The zero-order chi connectivity index (χ0) is 12.5. The van der Waals surface area contributed by atoms with E-state index >= 15 is 0 Å². The summed E-state index contributed by atoms with van der Waals surface area (Å²) in [5.74, 6) is -0.263. The third kappa shape index (κ3) is 5.88. The van der Waals surface area contributed by atoms with Crippen LogP contribution >= 0.6 is 0 Å². The number of carbonyl (C=O) groups excluding carboxylic acids is 2. The van der Waals surface area contributed by atoms with Gasteiger partial charge in [-0.25, -0.2) is 4.79 Å². The first kappa shape index (κ1) is 13.5. The number of nitrogens with one attached hydrogen (secondary N) is 3. The quantitative estimate of drug-likeness (QED) is 0.425. The van der Waals surface area contributed by atoms with Crippen LogP contribution in [0, 0.1) is 0 Å². The molecule has 1 heterocycles. The SMILES string of the molecule is C=CC(=O)NCCNC(=O)NC1COCOC1. The number of rotatable bonds is 5. The molecule has 0 spiro atoms. The molecule has 0 aromatic rings. The Kier molecular flexibility index (Phi) is 6.05. The van der Waals surface area contributed by atoms with Crippen LogP contribution in [0.5, 0.6) is 0 Å². The van der Waals surface area contributed by atoms with E-state index in [1.54, 1.807) is 0 Å². The second-order valence-electron chi connectivity index (χ2n) is 3.45. The van der Waals surface area contributed by atoms with Crippen molar-refractivity contribution in [2.45, 2.75) is 6.04 Å². The van der Waals surface area contributed by atoms with Gasteiger partial charge in [-0.15, -0.1) is 0 Å². The molecule has 7 heteroatoms. The van der Waals surface area contributed by atoms with Gasteiger partial charge in [0.2, 0.25) is 5.91 Å². The lowest BCUT2D eigenvalue weighted by Gasteiger charge is -2.23. The lowest BCUT2D eigenvalue weighted by Crippen LogP contribution is -2.49. The van der Waals surface area contributed by atoms with E-state index in [9.17, 15) is 9.59 Å². The molecule has 0 aromatic heterocycles. The Morgan fingerprint density at radius 2 is 1.88 bits per heavy atom. The fraction of sp³-hybridized carbons (Fsp3) is 0.600. The van der Waals surface area contributed by atoms with Crippen LogP contribution in [0.15, 0.2) is 12.7 Å². The molecular formula is C10H17N3O4. The van der Waals surface area contributed by atoms with Gasteiger partial charge in [0.05, 0.1) is 19.3 Å². The fourth-order valence-electron chi connectivity index (χ4n) is 1.24. The van der Waals surface area contributed by atoms with Gasteiger partial charge in [0.15, 0.2) is 0 Å². The monoisotopic (exact) mass is 243 g/mol. The summed E-state index contributed by atoms with van der Waals surface area (Å²) in [7, 11) is 0. The zero-order valence-corrected chi connectivity index (χ0v) is 9.53. The van der Waals surface area contributed by atoms with Crippen LogP contribution in [0.25, 0.3) is 0 Å². The van der Waals surface area contributed by atoms with Gasteiger partial charge < -0.3 is 25.4 Å². The maximum Gasteiger partial charge on any atom is 0.315 e. The van der Waals surface area contributed by atoms with Gasteiger partial charge in [-0.3, -0.25) is 4.79 Å². The van der Waals surface area contributed by atoms with Crippen molar-refractivity contribution in [3.05, 3.63) is 12.7 Å². The Labute approximate surface area is 99.5 Å². The predicted molar refractivity (Wildman–Crippen MR) is 60.3 cm³/mol. The highest BCUT2D eigenvalue weighted by atomic mass is 16.7. The smallest absolute Gasteiger partial charge is 0.315 e. The average molecular weight is 243 g/mol. The highest BCUT2D eigenvalue weighted by Gasteiger charge is 2.15. The van der Waals surface area contributed by atoms with Crippen molar-refractivity contribution in [1.82, 2.24) is 16.0 Å². The van der Waals surface area contributed by atoms with Gasteiger partial charge in [0.25, 0.3) is 0 Å². The average Bonchev–Trinajstić information content (AvgIpc) is 2.35. The molecule has 1 fully saturated rings. The fourth-order valence-corrected chi connectivity index (χ4v) is 1.24. The summed E-state index contributed by atoms with van der Waals surface area (Å²) in [6.07, 6.45) is 1.18. The second kappa shape index (κ2) is 7.64. The number of carbonyl (C=O) groups is 2. The maximum absolute atomic E-state index is 11.4. The topological polar surface area (TPSA) is 88.7 Å². The third-order valence-electron chi connectivity index (χ3n) is 2.04. The number of urea groups is 1. The molecule has 17 heavy (non-hydrogen) atoms. The minimum Gasteiger partial charge on any atom is -0.353 e. The first-order valence-corrected chi connectivity index (χ1v) is 5.32. The molecule has 1 aliphatic heterocycles. The molecule has 0 atom stereocenters. The summed E-state index contributed by atoms with van der Waals surface area (Å²) < 4.78 is 10.0. The molecule has 0 bridgehead atoms. The molecule has 7 nitrogen and oxygen atoms in total. The Morgan fingerprint density at radius 1 is 1.24 bits per heavy atom. The molecule has 0 radical (unpaired) electrons. The van der Waals surface area contributed by atoms with Gasteiger partial charge in [-0.2, -0.15) is 0 Å². The molecule has 0 aromatic carbocycles. The van der Waals surface area contributed by atoms with E-state index in [-0.39, 0.29) is 24.8 Å². The van der Waals surface area contributed by atoms with Crippen LogP contribution in [0.1, 0.15) is 0 Å². The molecule has 3 N–H and O–H groups in total. The molecule has 1 saturated heterocycles. The van der Waals surface area contributed by atoms with Crippen LogP contribution in [-0.4, -0.2) is 51.1 Å². The summed E-state index contributed by atoms with van der Waals surface area (Å²) in [5.41, 5.74) is 0. The van der Waals surface area contributed by atoms with E-state index in [0.29, 0.717) is 26.3 Å². The molecular weight excluding hydrogens is 226 g/mol. The molecule has 0 unspecified atom stereocenters. The van der Waals surface area contributed by atoms with Crippen LogP contribution in [0.4, 0.5) is 4.79 Å². The minimum absolute atomic E-state index is 0.133. The van der Waals surface area contributed by atoms with Gasteiger partial charge >= 0.3 is 6.03 Å². The predicted octanol–water partition coefficient (Wildman–Crippen LogP) is -1.04. The summed E-state index contributed by atoms with van der Waals surface area (Å²) >= 11 is 0. The highest BCUT2D eigenvalue weighted by Crippen LogP contribution is 1.95. The van der Waals surface area contributed by atoms with Gasteiger partial charge in [0, 0.05) is 13.1 Å². The van der Waals surface area contributed by atoms with Crippen LogP contribution in [-0.2, 0) is 14.3 Å². The van der Waals surface area contributed by atoms with E-state index in [2.05, 4.69) is 22.5 Å². The molecule has 1 aliphatic rings. The molecule has 96 valence electrons. The number of ether oxygens (including phenoxy) is 2. The Bertz CT molecular complexity index is 277. The van der Waals surface area contributed by atoms with Crippen molar-refractivity contribution in [3.8, 4) is 0 Å². The maximum atomic E-state index is 11.4. The largest absolute Gasteiger partial charge is 0.353 e. The van der Waals surface area contributed by atoms with E-state index < -0.39 is 0 Å². The third-order valence-corrected chi connectivity index (χ3v) is 2.04.